The molecule has 21 heavy (non-hydrogen) atoms. The van der Waals surface area contributed by atoms with Gasteiger partial charge in [0.1, 0.15) is 11.6 Å². The van der Waals surface area contributed by atoms with Crippen LogP contribution in [0.2, 0.25) is 0 Å². The van der Waals surface area contributed by atoms with Crippen molar-refractivity contribution in [1.82, 2.24) is 10.2 Å². The summed E-state index contributed by atoms with van der Waals surface area (Å²) >= 11 is 0. The first kappa shape index (κ1) is 12.8. The van der Waals surface area contributed by atoms with Crippen LogP contribution in [0.15, 0.2) is 18.2 Å². The van der Waals surface area contributed by atoms with E-state index in [1.165, 1.54) is 37.8 Å². The fourth-order valence-corrected chi connectivity index (χ4v) is 4.03. The van der Waals surface area contributed by atoms with E-state index in [9.17, 15) is 8.78 Å². The number of fused-ring (bicyclic) bond motifs is 1. The van der Waals surface area contributed by atoms with Gasteiger partial charge in [0.05, 0.1) is 0 Å². The van der Waals surface area contributed by atoms with Crippen LogP contribution in [0.5, 0.6) is 0 Å². The molecule has 2 aromatic rings. The third-order valence-electron chi connectivity index (χ3n) is 4.96. The summed E-state index contributed by atoms with van der Waals surface area (Å²) in [5.74, 6) is 0.901. The molecule has 2 aliphatic rings. The zero-order valence-electron chi connectivity index (χ0n) is 11.6. The van der Waals surface area contributed by atoms with E-state index in [2.05, 4.69) is 10.2 Å². The first-order chi connectivity index (χ1) is 10.1. The van der Waals surface area contributed by atoms with Crippen molar-refractivity contribution >= 4 is 5.82 Å². The van der Waals surface area contributed by atoms with Crippen LogP contribution in [-0.2, 0) is 0 Å². The molecule has 3 nitrogen and oxygen atoms in total. The average molecular weight is 289 g/mol. The standard InChI is InChI=1S/C16H17F2N3/c17-9-5-8(6-10(18)7-9)13-15(20-21-16(13)19)14-11-3-1-2-4-12(11)14/h5-7,11-12,14H,1-4H2,(H3,19,20,21). The molecule has 1 aromatic carbocycles. The van der Waals surface area contributed by atoms with E-state index in [-0.39, 0.29) is 0 Å². The Morgan fingerprint density at radius 1 is 1.05 bits per heavy atom. The molecule has 2 fully saturated rings. The van der Waals surface area contributed by atoms with Crippen molar-refractivity contribution in [3.8, 4) is 11.1 Å². The Bertz CT molecular complexity index is 663. The molecule has 1 heterocycles. The van der Waals surface area contributed by atoms with E-state index in [0.29, 0.717) is 34.7 Å². The topological polar surface area (TPSA) is 54.7 Å². The number of H-pyrrole nitrogens is 1. The molecule has 0 spiro atoms. The molecule has 2 saturated carbocycles. The molecule has 1 aromatic heterocycles. The number of aromatic amines is 1. The van der Waals surface area contributed by atoms with Crippen LogP contribution in [0.25, 0.3) is 11.1 Å². The minimum Gasteiger partial charge on any atom is -0.382 e. The van der Waals surface area contributed by atoms with Crippen molar-refractivity contribution in [2.75, 3.05) is 5.73 Å². The molecular formula is C16H17F2N3. The predicted molar refractivity (Wildman–Crippen MR) is 76.5 cm³/mol. The van der Waals surface area contributed by atoms with Gasteiger partial charge in [-0.1, -0.05) is 12.8 Å². The normalized spacial score (nSPS) is 27.4. The predicted octanol–water partition coefficient (Wildman–Crippen LogP) is 3.84. The van der Waals surface area contributed by atoms with Gasteiger partial charge < -0.3 is 5.73 Å². The van der Waals surface area contributed by atoms with Crippen molar-refractivity contribution in [2.24, 2.45) is 11.8 Å². The number of aromatic nitrogens is 2. The molecule has 0 aliphatic heterocycles. The largest absolute Gasteiger partial charge is 0.382 e. The van der Waals surface area contributed by atoms with Gasteiger partial charge in [-0.2, -0.15) is 5.10 Å². The highest BCUT2D eigenvalue weighted by molar-refractivity contribution is 5.77. The maximum absolute atomic E-state index is 13.5. The van der Waals surface area contributed by atoms with Crippen LogP contribution in [-0.4, -0.2) is 10.2 Å². The number of nitrogen functional groups attached to an aromatic ring is 1. The monoisotopic (exact) mass is 289 g/mol. The molecule has 5 heteroatoms. The van der Waals surface area contributed by atoms with Gasteiger partial charge in [-0.25, -0.2) is 8.78 Å². The smallest absolute Gasteiger partial charge is 0.153 e. The quantitative estimate of drug-likeness (QED) is 0.882. The number of hydrogen-bond acceptors (Lipinski definition) is 2. The number of nitrogens with two attached hydrogens (primary N) is 1. The van der Waals surface area contributed by atoms with Gasteiger partial charge in [-0.15, -0.1) is 0 Å². The van der Waals surface area contributed by atoms with E-state index in [1.54, 1.807) is 0 Å². The van der Waals surface area contributed by atoms with Crippen LogP contribution in [0.1, 0.15) is 37.3 Å². The summed E-state index contributed by atoms with van der Waals surface area (Å²) in [5.41, 5.74) is 8.04. The number of halogens is 2. The van der Waals surface area contributed by atoms with Crippen molar-refractivity contribution in [2.45, 2.75) is 31.6 Å². The molecule has 0 bridgehead atoms. The van der Waals surface area contributed by atoms with Gasteiger partial charge in [0.15, 0.2) is 5.82 Å². The Hall–Kier alpha value is -1.91. The molecule has 4 rings (SSSR count). The minimum absolute atomic E-state index is 0.318. The first-order valence-corrected chi connectivity index (χ1v) is 7.45. The summed E-state index contributed by atoms with van der Waals surface area (Å²) in [7, 11) is 0. The van der Waals surface area contributed by atoms with Gasteiger partial charge in [0.25, 0.3) is 0 Å². The second-order valence-corrected chi connectivity index (χ2v) is 6.19. The van der Waals surface area contributed by atoms with Crippen LogP contribution >= 0.6 is 0 Å². The van der Waals surface area contributed by atoms with Gasteiger partial charge in [-0.3, -0.25) is 5.10 Å². The van der Waals surface area contributed by atoms with E-state index < -0.39 is 11.6 Å². The van der Waals surface area contributed by atoms with Gasteiger partial charge >= 0.3 is 0 Å². The van der Waals surface area contributed by atoms with Crippen LogP contribution in [0.4, 0.5) is 14.6 Å². The summed E-state index contributed by atoms with van der Waals surface area (Å²) in [5, 5.41) is 7.09. The number of anilines is 1. The first-order valence-electron chi connectivity index (χ1n) is 7.45. The molecule has 2 aliphatic carbocycles. The Morgan fingerprint density at radius 2 is 1.67 bits per heavy atom. The second-order valence-electron chi connectivity index (χ2n) is 6.19. The fourth-order valence-electron chi connectivity index (χ4n) is 4.03. The Morgan fingerprint density at radius 3 is 2.29 bits per heavy atom. The Labute approximate surface area is 121 Å². The summed E-state index contributed by atoms with van der Waals surface area (Å²) in [6.07, 6.45) is 4.99. The Balaban J connectivity index is 1.77. The molecular weight excluding hydrogens is 272 g/mol. The van der Waals surface area contributed by atoms with E-state index in [4.69, 9.17) is 5.73 Å². The lowest BCUT2D eigenvalue weighted by atomic mass is 10.0. The average Bonchev–Trinajstić information content (AvgIpc) is 3.04. The maximum Gasteiger partial charge on any atom is 0.153 e. The van der Waals surface area contributed by atoms with Gasteiger partial charge in [-0.05, 0) is 42.4 Å². The third kappa shape index (κ3) is 2.03. The zero-order chi connectivity index (χ0) is 14.6. The SMILES string of the molecule is Nc1n[nH]c(C2C3CCCCC32)c1-c1cc(F)cc(F)c1. The molecule has 2 unspecified atom stereocenters. The number of benzene rings is 1. The van der Waals surface area contributed by atoms with E-state index >= 15 is 0 Å². The molecule has 2 atom stereocenters. The summed E-state index contributed by atoms with van der Waals surface area (Å²) in [6, 6.07) is 3.51. The fraction of sp³-hybridized carbons (Fsp3) is 0.438. The lowest BCUT2D eigenvalue weighted by Crippen LogP contribution is -1.93. The number of hydrogen-bond donors (Lipinski definition) is 2. The van der Waals surface area contributed by atoms with Gasteiger partial charge in [0, 0.05) is 23.2 Å². The minimum atomic E-state index is -0.593. The molecule has 110 valence electrons. The molecule has 0 amide bonds. The van der Waals surface area contributed by atoms with E-state index in [1.807, 2.05) is 0 Å². The third-order valence-corrected chi connectivity index (χ3v) is 4.96. The molecule has 0 saturated heterocycles. The summed E-state index contributed by atoms with van der Waals surface area (Å²) in [6.45, 7) is 0. The summed E-state index contributed by atoms with van der Waals surface area (Å²) < 4.78 is 27.0. The lowest BCUT2D eigenvalue weighted by molar-refractivity contribution is 0.480. The number of nitrogens with zero attached hydrogens (tertiary/aromatic N) is 1. The van der Waals surface area contributed by atoms with Gasteiger partial charge in [0.2, 0.25) is 0 Å². The number of rotatable bonds is 2. The van der Waals surface area contributed by atoms with Crippen molar-refractivity contribution in [3.05, 3.63) is 35.5 Å². The molecule has 0 radical (unpaired) electrons. The lowest BCUT2D eigenvalue weighted by Gasteiger charge is -2.05. The molecule has 3 N–H and O–H groups in total. The number of nitrogens with one attached hydrogen (secondary N) is 1. The van der Waals surface area contributed by atoms with Crippen molar-refractivity contribution in [1.29, 1.82) is 0 Å². The van der Waals surface area contributed by atoms with E-state index in [0.717, 1.165) is 11.8 Å². The highest BCUT2D eigenvalue weighted by Crippen LogP contribution is 2.62. The zero-order valence-corrected chi connectivity index (χ0v) is 11.6. The highest BCUT2D eigenvalue weighted by Gasteiger charge is 2.53. The van der Waals surface area contributed by atoms with Crippen molar-refractivity contribution < 1.29 is 8.78 Å². The van der Waals surface area contributed by atoms with Crippen LogP contribution in [0.3, 0.4) is 0 Å². The van der Waals surface area contributed by atoms with Crippen molar-refractivity contribution in [3.63, 3.8) is 0 Å². The highest BCUT2D eigenvalue weighted by atomic mass is 19.1. The van der Waals surface area contributed by atoms with Crippen LogP contribution in [0, 0.1) is 23.5 Å². The second kappa shape index (κ2) is 4.55. The summed E-state index contributed by atoms with van der Waals surface area (Å²) in [4.78, 5) is 0. The maximum atomic E-state index is 13.5. The Kier molecular flexibility index (Phi) is 2.77. The van der Waals surface area contributed by atoms with Crippen LogP contribution < -0.4 is 5.73 Å².